The number of carbonyl (C=O) groups excluding carboxylic acids is 1. The second-order valence-electron chi connectivity index (χ2n) is 7.53. The van der Waals surface area contributed by atoms with Crippen LogP contribution in [0.2, 0.25) is 0 Å². The molecule has 0 heterocycles. The van der Waals surface area contributed by atoms with E-state index in [9.17, 15) is 4.79 Å². The molecule has 3 saturated carbocycles. The van der Waals surface area contributed by atoms with Gasteiger partial charge in [-0.3, -0.25) is 4.79 Å². The van der Waals surface area contributed by atoms with Gasteiger partial charge in [-0.25, -0.2) is 0 Å². The van der Waals surface area contributed by atoms with Crippen LogP contribution < -0.4 is 0 Å². The molecular formula is C19H26O. The molecule has 0 bridgehead atoms. The van der Waals surface area contributed by atoms with Crippen LogP contribution in [0, 0.1) is 29.6 Å². The average Bonchev–Trinajstić information content (AvgIpc) is 2.91. The number of allylic oxidation sites excluding steroid dienone is 4. The Morgan fingerprint density at radius 3 is 2.65 bits per heavy atom. The molecule has 20 heavy (non-hydrogen) atoms. The van der Waals surface area contributed by atoms with Gasteiger partial charge in [-0.2, -0.15) is 0 Å². The Bertz CT molecular complexity index is 484. The lowest BCUT2D eigenvalue weighted by Crippen LogP contribution is -2.41. The Kier molecular flexibility index (Phi) is 3.12. The Balaban J connectivity index is 1.57. The van der Waals surface area contributed by atoms with Gasteiger partial charge in [0.05, 0.1) is 0 Å². The van der Waals surface area contributed by atoms with Crippen molar-refractivity contribution < 1.29 is 4.79 Å². The summed E-state index contributed by atoms with van der Waals surface area (Å²) in [6.07, 6.45) is 15.8. The summed E-state index contributed by atoms with van der Waals surface area (Å²) in [6.45, 7) is 1.74. The fourth-order valence-corrected chi connectivity index (χ4v) is 5.92. The van der Waals surface area contributed by atoms with E-state index >= 15 is 0 Å². The third kappa shape index (κ3) is 1.85. The van der Waals surface area contributed by atoms with Crippen molar-refractivity contribution in [2.45, 2.75) is 58.3 Å². The van der Waals surface area contributed by atoms with Crippen LogP contribution in [0.5, 0.6) is 0 Å². The topological polar surface area (TPSA) is 17.1 Å². The van der Waals surface area contributed by atoms with Gasteiger partial charge in [0, 0.05) is 11.5 Å². The predicted octanol–water partition coefficient (Wildman–Crippen LogP) is 4.68. The number of rotatable bonds is 1. The molecule has 0 aromatic carbocycles. The first-order valence-corrected chi connectivity index (χ1v) is 8.68. The Labute approximate surface area is 122 Å². The normalized spacial score (nSPS) is 43.0. The SMILES string of the molecule is CC(=O)C1=CC=C2C1CCC1C2CCC2CCCCC21. The molecule has 3 fully saturated rings. The molecule has 4 rings (SSSR count). The Hall–Kier alpha value is -0.850. The van der Waals surface area contributed by atoms with E-state index < -0.39 is 0 Å². The molecule has 0 amide bonds. The summed E-state index contributed by atoms with van der Waals surface area (Å²) < 4.78 is 0. The number of hydrogen-bond acceptors (Lipinski definition) is 1. The Morgan fingerprint density at radius 1 is 0.950 bits per heavy atom. The standard InChI is InChI=1S/C19H26O/c1-12(20)14-8-9-19-16(14)10-11-17-15-5-3-2-4-13(15)6-7-18(17)19/h8-9,13,15-18H,2-7,10-11H2,1H3. The van der Waals surface area contributed by atoms with Gasteiger partial charge in [0.15, 0.2) is 5.78 Å². The van der Waals surface area contributed by atoms with E-state index in [0.717, 1.165) is 29.2 Å². The first kappa shape index (κ1) is 12.9. The second kappa shape index (κ2) is 4.86. The zero-order chi connectivity index (χ0) is 13.7. The van der Waals surface area contributed by atoms with Gasteiger partial charge in [-0.1, -0.05) is 37.0 Å². The monoisotopic (exact) mass is 270 g/mol. The van der Waals surface area contributed by atoms with Crippen LogP contribution in [0.4, 0.5) is 0 Å². The maximum absolute atomic E-state index is 11.8. The molecule has 1 heteroatoms. The van der Waals surface area contributed by atoms with Crippen molar-refractivity contribution in [3.05, 3.63) is 23.3 Å². The zero-order valence-corrected chi connectivity index (χ0v) is 12.6. The smallest absolute Gasteiger partial charge is 0.156 e. The molecule has 5 atom stereocenters. The number of Topliss-reactive ketones (excluding diaryl/α,β-unsaturated/α-hetero) is 1. The van der Waals surface area contributed by atoms with E-state index in [1.165, 1.54) is 51.4 Å². The first-order valence-electron chi connectivity index (χ1n) is 8.68. The molecule has 0 aromatic heterocycles. The molecule has 4 aliphatic rings. The van der Waals surface area contributed by atoms with Crippen LogP contribution >= 0.6 is 0 Å². The maximum Gasteiger partial charge on any atom is 0.156 e. The molecule has 5 unspecified atom stereocenters. The molecular weight excluding hydrogens is 244 g/mol. The maximum atomic E-state index is 11.8. The third-order valence-corrected chi connectivity index (χ3v) is 6.74. The van der Waals surface area contributed by atoms with Crippen molar-refractivity contribution in [3.8, 4) is 0 Å². The van der Waals surface area contributed by atoms with Crippen molar-refractivity contribution in [1.29, 1.82) is 0 Å². The van der Waals surface area contributed by atoms with Gasteiger partial charge in [0.1, 0.15) is 0 Å². The molecule has 0 spiro atoms. The highest BCUT2D eigenvalue weighted by Crippen LogP contribution is 2.56. The van der Waals surface area contributed by atoms with Crippen molar-refractivity contribution in [3.63, 3.8) is 0 Å². The average molecular weight is 270 g/mol. The van der Waals surface area contributed by atoms with Crippen molar-refractivity contribution in [2.24, 2.45) is 29.6 Å². The second-order valence-corrected chi connectivity index (χ2v) is 7.53. The fourth-order valence-electron chi connectivity index (χ4n) is 5.92. The predicted molar refractivity (Wildman–Crippen MR) is 81.2 cm³/mol. The Morgan fingerprint density at radius 2 is 1.80 bits per heavy atom. The molecule has 0 N–H and O–H groups in total. The van der Waals surface area contributed by atoms with Gasteiger partial charge in [-0.15, -0.1) is 0 Å². The van der Waals surface area contributed by atoms with Crippen LogP contribution in [0.25, 0.3) is 0 Å². The van der Waals surface area contributed by atoms with Crippen LogP contribution in [-0.4, -0.2) is 5.78 Å². The molecule has 0 saturated heterocycles. The van der Waals surface area contributed by atoms with E-state index in [1.807, 2.05) is 0 Å². The lowest BCUT2D eigenvalue weighted by molar-refractivity contribution is -0.114. The van der Waals surface area contributed by atoms with E-state index in [0.29, 0.717) is 11.7 Å². The number of fused-ring (bicyclic) bond motifs is 5. The van der Waals surface area contributed by atoms with Gasteiger partial charge < -0.3 is 0 Å². The summed E-state index contributed by atoms with van der Waals surface area (Å²) in [5.41, 5.74) is 2.74. The van der Waals surface area contributed by atoms with Crippen molar-refractivity contribution in [2.75, 3.05) is 0 Å². The largest absolute Gasteiger partial charge is 0.295 e. The minimum atomic E-state index is 0.297. The number of ketones is 1. The van der Waals surface area contributed by atoms with E-state index in [1.54, 1.807) is 12.5 Å². The highest BCUT2D eigenvalue weighted by Gasteiger charge is 2.46. The lowest BCUT2D eigenvalue weighted by Gasteiger charge is -2.50. The molecule has 0 aliphatic heterocycles. The zero-order valence-electron chi connectivity index (χ0n) is 12.6. The van der Waals surface area contributed by atoms with Crippen LogP contribution in [0.3, 0.4) is 0 Å². The first-order chi connectivity index (χ1) is 9.75. The van der Waals surface area contributed by atoms with Crippen molar-refractivity contribution >= 4 is 5.78 Å². The van der Waals surface area contributed by atoms with Crippen LogP contribution in [0.15, 0.2) is 23.3 Å². The van der Waals surface area contributed by atoms with E-state index in [4.69, 9.17) is 0 Å². The number of hydrogen-bond donors (Lipinski definition) is 0. The summed E-state index contributed by atoms with van der Waals surface area (Å²) in [5.74, 6) is 4.58. The van der Waals surface area contributed by atoms with Crippen LogP contribution in [-0.2, 0) is 4.79 Å². The summed E-state index contributed by atoms with van der Waals surface area (Å²) >= 11 is 0. The summed E-state index contributed by atoms with van der Waals surface area (Å²) in [6, 6.07) is 0. The minimum Gasteiger partial charge on any atom is -0.295 e. The molecule has 4 aliphatic carbocycles. The molecule has 0 aromatic rings. The minimum absolute atomic E-state index is 0.297. The summed E-state index contributed by atoms with van der Waals surface area (Å²) in [4.78, 5) is 11.8. The van der Waals surface area contributed by atoms with E-state index in [2.05, 4.69) is 12.2 Å². The molecule has 1 nitrogen and oxygen atoms in total. The molecule has 108 valence electrons. The van der Waals surface area contributed by atoms with Gasteiger partial charge in [-0.05, 0) is 62.7 Å². The highest BCUT2D eigenvalue weighted by atomic mass is 16.1. The third-order valence-electron chi connectivity index (χ3n) is 6.74. The van der Waals surface area contributed by atoms with Gasteiger partial charge in [0.2, 0.25) is 0 Å². The fraction of sp³-hybridized carbons (Fsp3) is 0.737. The van der Waals surface area contributed by atoms with Crippen molar-refractivity contribution in [1.82, 2.24) is 0 Å². The summed E-state index contributed by atoms with van der Waals surface area (Å²) in [5, 5.41) is 0. The van der Waals surface area contributed by atoms with Gasteiger partial charge >= 0.3 is 0 Å². The van der Waals surface area contributed by atoms with E-state index in [-0.39, 0.29) is 0 Å². The molecule has 0 radical (unpaired) electrons. The summed E-state index contributed by atoms with van der Waals surface area (Å²) in [7, 11) is 0. The highest BCUT2D eigenvalue weighted by molar-refractivity contribution is 5.95. The van der Waals surface area contributed by atoms with Gasteiger partial charge in [0.25, 0.3) is 0 Å². The number of carbonyl (C=O) groups is 1. The lowest BCUT2D eigenvalue weighted by atomic mass is 9.55. The van der Waals surface area contributed by atoms with Crippen LogP contribution in [0.1, 0.15) is 58.3 Å². The quantitative estimate of drug-likeness (QED) is 0.676.